The molecular formula is C16H24Cl2N2O. The summed E-state index contributed by atoms with van der Waals surface area (Å²) in [6.45, 7) is 4.03. The predicted octanol–water partition coefficient (Wildman–Crippen LogP) is 3.49. The molecular weight excluding hydrogens is 307 g/mol. The van der Waals surface area contributed by atoms with E-state index in [1.54, 1.807) is 0 Å². The van der Waals surface area contributed by atoms with Gasteiger partial charge < -0.3 is 10.6 Å². The Balaban J connectivity index is 0.00000220. The first kappa shape index (κ1) is 18.3. The van der Waals surface area contributed by atoms with Crippen LogP contribution in [0.3, 0.4) is 0 Å². The molecule has 0 aliphatic heterocycles. The van der Waals surface area contributed by atoms with Crippen molar-refractivity contribution in [3.63, 3.8) is 0 Å². The summed E-state index contributed by atoms with van der Waals surface area (Å²) in [4.78, 5) is 14.6. The average Bonchev–Trinajstić information content (AvgIpc) is 2.94. The summed E-state index contributed by atoms with van der Waals surface area (Å²) in [5.74, 6) is 0.740. The van der Waals surface area contributed by atoms with E-state index in [1.807, 2.05) is 36.1 Å². The molecule has 118 valence electrons. The molecule has 5 heteroatoms. The molecule has 2 rings (SSSR count). The molecule has 0 aromatic heterocycles. The summed E-state index contributed by atoms with van der Waals surface area (Å²) in [5, 5.41) is 0.724. The molecule has 0 spiro atoms. The Morgan fingerprint density at radius 3 is 2.57 bits per heavy atom. The number of halogens is 2. The van der Waals surface area contributed by atoms with E-state index in [1.165, 1.54) is 0 Å². The first-order valence-corrected chi connectivity index (χ1v) is 7.76. The van der Waals surface area contributed by atoms with Gasteiger partial charge in [-0.3, -0.25) is 4.79 Å². The Hall–Kier alpha value is -0.770. The zero-order valence-electron chi connectivity index (χ0n) is 12.4. The fourth-order valence-corrected chi connectivity index (χ4v) is 3.16. The van der Waals surface area contributed by atoms with Crippen molar-refractivity contribution in [2.75, 3.05) is 13.1 Å². The molecule has 1 saturated carbocycles. The van der Waals surface area contributed by atoms with E-state index < -0.39 is 0 Å². The zero-order valence-corrected chi connectivity index (χ0v) is 14.0. The molecule has 0 unspecified atom stereocenters. The van der Waals surface area contributed by atoms with Crippen LogP contribution >= 0.6 is 24.0 Å². The summed E-state index contributed by atoms with van der Waals surface area (Å²) < 4.78 is 0. The molecule has 0 saturated heterocycles. The second-order valence-corrected chi connectivity index (χ2v) is 5.95. The normalized spacial score (nSPS) is 20.9. The van der Waals surface area contributed by atoms with Crippen LogP contribution in [0.1, 0.15) is 31.7 Å². The molecule has 1 aromatic rings. The first-order valence-electron chi connectivity index (χ1n) is 7.39. The number of nitrogens with two attached hydrogens (primary N) is 1. The molecule has 0 radical (unpaired) electrons. The number of carbonyl (C=O) groups excluding carboxylic acids is 1. The Morgan fingerprint density at radius 1 is 1.33 bits per heavy atom. The molecule has 3 nitrogen and oxygen atoms in total. The van der Waals surface area contributed by atoms with Gasteiger partial charge >= 0.3 is 0 Å². The quantitative estimate of drug-likeness (QED) is 0.898. The van der Waals surface area contributed by atoms with E-state index >= 15 is 0 Å². The lowest BCUT2D eigenvalue weighted by atomic mass is 9.94. The van der Waals surface area contributed by atoms with Crippen molar-refractivity contribution >= 4 is 29.9 Å². The van der Waals surface area contributed by atoms with Crippen LogP contribution in [-0.2, 0) is 11.3 Å². The SMILES string of the molecule is CCN(Cc1ccc(Cl)cc1)C(=O)[C@@H]1CCC[C@@H]1CN.Cl. The minimum absolute atomic E-state index is 0. The van der Waals surface area contributed by atoms with Gasteiger partial charge in [-0.15, -0.1) is 12.4 Å². The highest BCUT2D eigenvalue weighted by atomic mass is 35.5. The molecule has 1 fully saturated rings. The smallest absolute Gasteiger partial charge is 0.226 e. The number of benzene rings is 1. The summed E-state index contributed by atoms with van der Waals surface area (Å²) in [6, 6.07) is 7.70. The minimum Gasteiger partial charge on any atom is -0.338 e. The van der Waals surface area contributed by atoms with Crippen molar-refractivity contribution < 1.29 is 4.79 Å². The van der Waals surface area contributed by atoms with Crippen LogP contribution in [0.15, 0.2) is 24.3 Å². The maximum Gasteiger partial charge on any atom is 0.226 e. The van der Waals surface area contributed by atoms with Crippen LogP contribution in [0.2, 0.25) is 5.02 Å². The Kier molecular flexibility index (Phi) is 7.50. The molecule has 1 amide bonds. The summed E-state index contributed by atoms with van der Waals surface area (Å²) in [5.41, 5.74) is 6.90. The predicted molar refractivity (Wildman–Crippen MR) is 89.7 cm³/mol. The maximum atomic E-state index is 12.7. The summed E-state index contributed by atoms with van der Waals surface area (Å²) in [7, 11) is 0. The molecule has 0 bridgehead atoms. The third kappa shape index (κ3) is 4.60. The molecule has 2 atom stereocenters. The van der Waals surface area contributed by atoms with Crippen LogP contribution in [0.25, 0.3) is 0 Å². The molecule has 1 aromatic carbocycles. The van der Waals surface area contributed by atoms with E-state index in [0.717, 1.165) is 36.4 Å². The number of hydrogen-bond donors (Lipinski definition) is 1. The van der Waals surface area contributed by atoms with E-state index in [2.05, 4.69) is 0 Å². The molecule has 21 heavy (non-hydrogen) atoms. The van der Waals surface area contributed by atoms with Crippen molar-refractivity contribution in [1.29, 1.82) is 0 Å². The fraction of sp³-hybridized carbons (Fsp3) is 0.562. The number of amides is 1. The van der Waals surface area contributed by atoms with Crippen LogP contribution < -0.4 is 5.73 Å². The van der Waals surface area contributed by atoms with Crippen LogP contribution in [0.4, 0.5) is 0 Å². The lowest BCUT2D eigenvalue weighted by Crippen LogP contribution is -2.38. The van der Waals surface area contributed by atoms with Crippen molar-refractivity contribution in [2.24, 2.45) is 17.6 Å². The zero-order chi connectivity index (χ0) is 14.5. The Bertz CT molecular complexity index is 450. The average molecular weight is 331 g/mol. The molecule has 0 heterocycles. The van der Waals surface area contributed by atoms with Crippen molar-refractivity contribution in [2.45, 2.75) is 32.7 Å². The first-order chi connectivity index (χ1) is 9.65. The van der Waals surface area contributed by atoms with Crippen LogP contribution in [-0.4, -0.2) is 23.9 Å². The van der Waals surface area contributed by atoms with Crippen LogP contribution in [0, 0.1) is 11.8 Å². The van der Waals surface area contributed by atoms with E-state index in [-0.39, 0.29) is 24.2 Å². The van der Waals surface area contributed by atoms with Gasteiger partial charge in [-0.1, -0.05) is 30.2 Å². The molecule has 1 aliphatic carbocycles. The highest BCUT2D eigenvalue weighted by molar-refractivity contribution is 6.30. The van der Waals surface area contributed by atoms with Gasteiger partial charge in [0.15, 0.2) is 0 Å². The van der Waals surface area contributed by atoms with Crippen molar-refractivity contribution in [3.8, 4) is 0 Å². The monoisotopic (exact) mass is 330 g/mol. The highest BCUT2D eigenvalue weighted by Crippen LogP contribution is 2.32. The standard InChI is InChI=1S/C16H23ClN2O.ClH/c1-2-19(11-12-6-8-14(17)9-7-12)16(20)15-5-3-4-13(15)10-18;/h6-9,13,15H,2-5,10-11,18H2,1H3;1H/t13-,15-;/m1./s1. The second-order valence-electron chi connectivity index (χ2n) is 5.51. The Labute approximate surface area is 138 Å². The van der Waals surface area contributed by atoms with Gasteiger partial charge in [0.1, 0.15) is 0 Å². The van der Waals surface area contributed by atoms with Gasteiger partial charge in [0.05, 0.1) is 0 Å². The van der Waals surface area contributed by atoms with E-state index in [9.17, 15) is 4.79 Å². The van der Waals surface area contributed by atoms with Crippen molar-refractivity contribution in [3.05, 3.63) is 34.9 Å². The lowest BCUT2D eigenvalue weighted by molar-refractivity contribution is -0.137. The topological polar surface area (TPSA) is 46.3 Å². The van der Waals surface area contributed by atoms with E-state index in [4.69, 9.17) is 17.3 Å². The van der Waals surface area contributed by atoms with Gasteiger partial charge in [-0.05, 0) is 49.9 Å². The number of carbonyl (C=O) groups is 1. The second kappa shape index (κ2) is 8.62. The summed E-state index contributed by atoms with van der Waals surface area (Å²) >= 11 is 5.89. The van der Waals surface area contributed by atoms with Gasteiger partial charge in [-0.25, -0.2) is 0 Å². The van der Waals surface area contributed by atoms with Gasteiger partial charge in [-0.2, -0.15) is 0 Å². The minimum atomic E-state index is 0. The van der Waals surface area contributed by atoms with Crippen LogP contribution in [0.5, 0.6) is 0 Å². The number of hydrogen-bond acceptors (Lipinski definition) is 2. The van der Waals surface area contributed by atoms with Gasteiger partial charge in [0, 0.05) is 24.0 Å². The number of nitrogens with zero attached hydrogens (tertiary/aromatic N) is 1. The fourth-order valence-electron chi connectivity index (χ4n) is 3.03. The molecule has 2 N–H and O–H groups in total. The van der Waals surface area contributed by atoms with E-state index in [0.29, 0.717) is 19.0 Å². The largest absolute Gasteiger partial charge is 0.338 e. The van der Waals surface area contributed by atoms with Gasteiger partial charge in [0.25, 0.3) is 0 Å². The third-order valence-electron chi connectivity index (χ3n) is 4.26. The van der Waals surface area contributed by atoms with Gasteiger partial charge in [0.2, 0.25) is 5.91 Å². The lowest BCUT2D eigenvalue weighted by Gasteiger charge is -2.27. The van der Waals surface area contributed by atoms with Crippen molar-refractivity contribution in [1.82, 2.24) is 4.90 Å². The number of rotatable bonds is 5. The third-order valence-corrected chi connectivity index (χ3v) is 4.51. The summed E-state index contributed by atoms with van der Waals surface area (Å²) in [6.07, 6.45) is 3.19. The Morgan fingerprint density at radius 2 is 2.00 bits per heavy atom. The molecule has 1 aliphatic rings. The highest BCUT2D eigenvalue weighted by Gasteiger charge is 2.34. The maximum absolute atomic E-state index is 12.7.